The van der Waals surface area contributed by atoms with Crippen LogP contribution in [0, 0.1) is 5.92 Å². The van der Waals surface area contributed by atoms with Crippen LogP contribution >= 0.6 is 0 Å². The summed E-state index contributed by atoms with van der Waals surface area (Å²) in [6, 6.07) is 11.3. The van der Waals surface area contributed by atoms with Gasteiger partial charge in [-0.15, -0.1) is 0 Å². The van der Waals surface area contributed by atoms with Gasteiger partial charge < -0.3 is 4.74 Å². The molecule has 0 aliphatic rings. The third kappa shape index (κ3) is 6.40. The average molecular weight is 650 g/mol. The molecule has 2 aromatic carbocycles. The number of carbonyl (C=O) groups is 1. The van der Waals surface area contributed by atoms with Crippen molar-refractivity contribution in [2.75, 3.05) is 6.61 Å². The van der Waals surface area contributed by atoms with Crippen molar-refractivity contribution in [1.29, 1.82) is 0 Å². The number of halogens is 15. The van der Waals surface area contributed by atoms with E-state index < -0.39 is 59.9 Å². The molecule has 0 amide bonds. The lowest BCUT2D eigenvalue weighted by molar-refractivity contribution is -0.453. The standard InChI is InChI=1S/C26H21F15O2/c1-3-14(2)12-15-4-6-16(7-5-15)17-8-10-18(11-9-17)19(42)43-13-20(27,28)21(29,30)22(31,32)23(33,34)24(35,36)25(37,38)26(39,40)41/h4-11,14H,3,12-13H2,1-2H3. The summed E-state index contributed by atoms with van der Waals surface area (Å²) >= 11 is 0. The highest BCUT2D eigenvalue weighted by molar-refractivity contribution is 5.90. The van der Waals surface area contributed by atoms with Crippen molar-refractivity contribution in [2.24, 2.45) is 5.92 Å². The van der Waals surface area contributed by atoms with Crippen LogP contribution < -0.4 is 0 Å². The molecule has 0 heterocycles. The first kappa shape index (κ1) is 36.1. The first-order valence-corrected chi connectivity index (χ1v) is 12.0. The van der Waals surface area contributed by atoms with Gasteiger partial charge in [0, 0.05) is 0 Å². The maximum absolute atomic E-state index is 13.9. The molecule has 0 aromatic heterocycles. The van der Waals surface area contributed by atoms with Gasteiger partial charge in [-0.1, -0.05) is 56.7 Å². The number of carbonyl (C=O) groups excluding carboxylic acids is 1. The fourth-order valence-electron chi connectivity index (χ4n) is 3.51. The number of hydrogen-bond donors (Lipinski definition) is 0. The highest BCUT2D eigenvalue weighted by Crippen LogP contribution is 2.62. The summed E-state index contributed by atoms with van der Waals surface area (Å²) < 4.78 is 203. The van der Waals surface area contributed by atoms with Crippen LogP contribution in [0.1, 0.15) is 36.2 Å². The maximum atomic E-state index is 13.9. The molecule has 2 nitrogen and oxygen atoms in total. The Labute approximate surface area is 233 Å². The van der Waals surface area contributed by atoms with E-state index in [1.54, 1.807) is 12.1 Å². The van der Waals surface area contributed by atoms with Gasteiger partial charge in [-0.25, -0.2) is 4.79 Å². The van der Waals surface area contributed by atoms with Gasteiger partial charge in [-0.3, -0.25) is 0 Å². The predicted molar refractivity (Wildman–Crippen MR) is 121 cm³/mol. The summed E-state index contributed by atoms with van der Waals surface area (Å²) in [7, 11) is 0. The van der Waals surface area contributed by atoms with Crippen LogP contribution in [0.15, 0.2) is 48.5 Å². The minimum atomic E-state index is -8.40. The number of hydrogen-bond acceptors (Lipinski definition) is 2. The summed E-state index contributed by atoms with van der Waals surface area (Å²) in [5.74, 6) is -49.0. The van der Waals surface area contributed by atoms with Gasteiger partial charge in [-0.2, -0.15) is 65.9 Å². The molecular formula is C26H21F15O2. The van der Waals surface area contributed by atoms with Crippen molar-refractivity contribution >= 4 is 5.97 Å². The molecule has 0 aliphatic carbocycles. The zero-order valence-corrected chi connectivity index (χ0v) is 21.8. The molecule has 0 spiro atoms. The predicted octanol–water partition coefficient (Wildman–Crippen LogP) is 9.47. The summed E-state index contributed by atoms with van der Waals surface area (Å²) in [4.78, 5) is 12.0. The van der Waals surface area contributed by atoms with Gasteiger partial charge in [0.1, 0.15) is 0 Å². The average Bonchev–Trinajstić information content (AvgIpc) is 2.91. The lowest BCUT2D eigenvalue weighted by Gasteiger charge is -2.41. The first-order chi connectivity index (χ1) is 19.3. The quantitative estimate of drug-likeness (QED) is 0.169. The molecular weight excluding hydrogens is 629 g/mol. The summed E-state index contributed by atoms with van der Waals surface area (Å²) in [5.41, 5.74) is 1.40. The molecule has 0 bridgehead atoms. The topological polar surface area (TPSA) is 26.3 Å². The van der Waals surface area contributed by atoms with Crippen molar-refractivity contribution < 1.29 is 75.4 Å². The Kier molecular flexibility index (Phi) is 9.85. The van der Waals surface area contributed by atoms with Crippen LogP contribution in [-0.2, 0) is 11.2 Å². The van der Waals surface area contributed by atoms with Crippen molar-refractivity contribution in [3.8, 4) is 11.1 Å². The largest absolute Gasteiger partial charge is 0.460 e. The second-order valence-electron chi connectivity index (χ2n) is 9.64. The summed E-state index contributed by atoms with van der Waals surface area (Å²) in [6.07, 6.45) is -5.96. The molecule has 1 atom stereocenters. The van der Waals surface area contributed by atoms with E-state index in [0.717, 1.165) is 30.5 Å². The number of alkyl halides is 15. The Balaban J connectivity index is 2.22. The molecule has 0 saturated carbocycles. The Morgan fingerprint density at radius 2 is 1.02 bits per heavy atom. The molecule has 0 saturated heterocycles. The normalized spacial score (nSPS) is 14.9. The van der Waals surface area contributed by atoms with Crippen LogP contribution in [-0.4, -0.2) is 54.3 Å². The summed E-state index contributed by atoms with van der Waals surface area (Å²) in [6.45, 7) is 0.868. The second kappa shape index (κ2) is 11.7. The van der Waals surface area contributed by atoms with Crippen molar-refractivity contribution in [2.45, 2.75) is 68.4 Å². The van der Waals surface area contributed by atoms with Crippen LogP contribution in [0.4, 0.5) is 65.9 Å². The van der Waals surface area contributed by atoms with Gasteiger partial charge in [0.2, 0.25) is 0 Å². The lowest BCUT2D eigenvalue weighted by Crippen LogP contribution is -2.73. The van der Waals surface area contributed by atoms with Gasteiger partial charge in [0.15, 0.2) is 6.61 Å². The van der Waals surface area contributed by atoms with Crippen LogP contribution in [0.5, 0.6) is 0 Å². The van der Waals surface area contributed by atoms with E-state index in [1.807, 2.05) is 26.0 Å². The van der Waals surface area contributed by atoms with E-state index in [9.17, 15) is 70.7 Å². The van der Waals surface area contributed by atoms with Gasteiger partial charge in [0.25, 0.3) is 0 Å². The van der Waals surface area contributed by atoms with E-state index in [0.29, 0.717) is 17.0 Å². The van der Waals surface area contributed by atoms with E-state index in [4.69, 9.17) is 0 Å². The van der Waals surface area contributed by atoms with Gasteiger partial charge in [0.05, 0.1) is 5.56 Å². The second-order valence-corrected chi connectivity index (χ2v) is 9.64. The van der Waals surface area contributed by atoms with Crippen molar-refractivity contribution in [3.05, 3.63) is 59.7 Å². The highest BCUT2D eigenvalue weighted by atomic mass is 19.4. The van der Waals surface area contributed by atoms with E-state index >= 15 is 0 Å². The molecule has 0 radical (unpaired) electrons. The summed E-state index contributed by atoms with van der Waals surface area (Å²) in [5, 5.41) is 0. The highest BCUT2D eigenvalue weighted by Gasteiger charge is 2.93. The third-order valence-corrected chi connectivity index (χ3v) is 6.47. The zero-order chi connectivity index (χ0) is 33.4. The third-order valence-electron chi connectivity index (χ3n) is 6.47. The maximum Gasteiger partial charge on any atom is 0.460 e. The van der Waals surface area contributed by atoms with E-state index in [1.165, 1.54) is 12.1 Å². The number of esters is 1. The van der Waals surface area contributed by atoms with E-state index in [2.05, 4.69) is 4.74 Å². The molecule has 0 N–H and O–H groups in total. The number of benzene rings is 2. The number of rotatable bonds is 12. The van der Waals surface area contributed by atoms with Crippen LogP contribution in [0.2, 0.25) is 0 Å². The van der Waals surface area contributed by atoms with Crippen LogP contribution in [0.3, 0.4) is 0 Å². The van der Waals surface area contributed by atoms with Crippen molar-refractivity contribution in [1.82, 2.24) is 0 Å². The van der Waals surface area contributed by atoms with Gasteiger partial charge >= 0.3 is 47.7 Å². The minimum absolute atomic E-state index is 0.409. The fraction of sp³-hybridized carbons (Fsp3) is 0.500. The monoisotopic (exact) mass is 650 g/mol. The Bertz CT molecular complexity index is 1250. The molecule has 2 aromatic rings. The zero-order valence-electron chi connectivity index (χ0n) is 21.8. The number of ether oxygens (including phenoxy) is 1. The Morgan fingerprint density at radius 1 is 0.628 bits per heavy atom. The fourth-order valence-corrected chi connectivity index (χ4v) is 3.51. The SMILES string of the molecule is CCC(C)Cc1ccc(-c2ccc(C(=O)OCC(F)(F)C(F)(F)C(F)(F)C(F)(F)C(F)(F)C(F)(F)C(F)(F)F)cc2)cc1. The lowest BCUT2D eigenvalue weighted by atomic mass is 9.91. The van der Waals surface area contributed by atoms with Gasteiger partial charge in [-0.05, 0) is 41.2 Å². The Morgan fingerprint density at radius 3 is 1.44 bits per heavy atom. The molecule has 0 aliphatic heterocycles. The molecule has 2 rings (SSSR count). The molecule has 242 valence electrons. The minimum Gasteiger partial charge on any atom is -0.455 e. The molecule has 17 heteroatoms. The molecule has 43 heavy (non-hydrogen) atoms. The first-order valence-electron chi connectivity index (χ1n) is 12.0. The molecule has 0 fully saturated rings. The van der Waals surface area contributed by atoms with E-state index in [-0.39, 0.29) is 0 Å². The molecule has 1 unspecified atom stereocenters. The van der Waals surface area contributed by atoms with Crippen molar-refractivity contribution in [3.63, 3.8) is 0 Å². The Hall–Kier alpha value is -3.14. The smallest absolute Gasteiger partial charge is 0.455 e. The van der Waals surface area contributed by atoms with Crippen LogP contribution in [0.25, 0.3) is 11.1 Å².